The molecule has 15 heavy (non-hydrogen) atoms. The van der Waals surface area contributed by atoms with E-state index < -0.39 is 12.2 Å². The van der Waals surface area contributed by atoms with Crippen molar-refractivity contribution in [3.63, 3.8) is 0 Å². The van der Waals surface area contributed by atoms with E-state index in [4.69, 9.17) is 11.5 Å². The van der Waals surface area contributed by atoms with E-state index in [-0.39, 0.29) is 6.54 Å². The first-order valence-electron chi connectivity index (χ1n) is 4.77. The second kappa shape index (κ2) is 4.57. The average molecular weight is 211 g/mol. The van der Waals surface area contributed by atoms with Crippen LogP contribution in [0.25, 0.3) is 0 Å². The molecule has 0 radical (unpaired) electrons. The van der Waals surface area contributed by atoms with Crippen LogP contribution in [-0.4, -0.2) is 27.8 Å². The molecule has 0 saturated carbocycles. The van der Waals surface area contributed by atoms with Gasteiger partial charge in [-0.2, -0.15) is 0 Å². The van der Waals surface area contributed by atoms with Crippen molar-refractivity contribution in [2.45, 2.75) is 26.1 Å². The summed E-state index contributed by atoms with van der Waals surface area (Å²) in [5, 5.41) is 19.3. The van der Waals surface area contributed by atoms with Gasteiger partial charge >= 0.3 is 0 Å². The van der Waals surface area contributed by atoms with Crippen molar-refractivity contribution in [3.8, 4) is 0 Å². The third-order valence-electron chi connectivity index (χ3n) is 2.38. The van der Waals surface area contributed by atoms with Crippen LogP contribution in [0.4, 0.5) is 5.82 Å². The molecule has 84 valence electrons. The lowest BCUT2D eigenvalue weighted by Crippen LogP contribution is -2.28. The lowest BCUT2D eigenvalue weighted by atomic mass is 9.98. The smallest absolute Gasteiger partial charge is 0.123 e. The van der Waals surface area contributed by atoms with Gasteiger partial charge in [-0.05, 0) is 25.5 Å². The normalized spacial score (nSPS) is 15.0. The van der Waals surface area contributed by atoms with Crippen LogP contribution in [0, 0.1) is 13.8 Å². The molecule has 1 rings (SSSR count). The molecule has 5 heteroatoms. The fraction of sp³-hybridized carbons (Fsp3) is 0.500. The zero-order valence-corrected chi connectivity index (χ0v) is 8.94. The molecule has 0 aromatic carbocycles. The molecular weight excluding hydrogens is 194 g/mol. The van der Waals surface area contributed by atoms with Crippen molar-refractivity contribution in [1.29, 1.82) is 0 Å². The van der Waals surface area contributed by atoms with Crippen molar-refractivity contribution in [1.82, 2.24) is 4.98 Å². The number of nitrogen functional groups attached to an aromatic ring is 1. The number of rotatable bonds is 3. The summed E-state index contributed by atoms with van der Waals surface area (Å²) >= 11 is 0. The van der Waals surface area contributed by atoms with Crippen LogP contribution in [0.3, 0.4) is 0 Å². The average Bonchev–Trinajstić information content (AvgIpc) is 2.14. The highest BCUT2D eigenvalue weighted by Crippen LogP contribution is 2.24. The molecule has 0 spiro atoms. The highest BCUT2D eigenvalue weighted by molar-refractivity contribution is 5.41. The minimum Gasteiger partial charge on any atom is -0.389 e. The fourth-order valence-electron chi connectivity index (χ4n) is 1.64. The van der Waals surface area contributed by atoms with Gasteiger partial charge in [-0.15, -0.1) is 0 Å². The monoisotopic (exact) mass is 211 g/mol. The van der Waals surface area contributed by atoms with Gasteiger partial charge in [0.1, 0.15) is 11.9 Å². The first-order chi connectivity index (χ1) is 6.97. The molecule has 0 aliphatic heterocycles. The standard InChI is InChI=1S/C10H17N3O2/c1-5-3-8(12)13-6(2)9(5)10(15)7(14)4-11/h3,7,10,14-15H,4,11H2,1-2H3,(H2,12,13). The summed E-state index contributed by atoms with van der Waals surface area (Å²) in [6, 6.07) is 1.66. The minimum atomic E-state index is -1.01. The van der Waals surface area contributed by atoms with Crippen molar-refractivity contribution in [3.05, 3.63) is 22.9 Å². The minimum absolute atomic E-state index is 0.00439. The molecule has 5 nitrogen and oxygen atoms in total. The van der Waals surface area contributed by atoms with Gasteiger partial charge in [0.2, 0.25) is 0 Å². The molecule has 0 saturated heterocycles. The summed E-state index contributed by atoms with van der Waals surface area (Å²) in [7, 11) is 0. The zero-order valence-electron chi connectivity index (χ0n) is 8.94. The van der Waals surface area contributed by atoms with Crippen LogP contribution in [0.2, 0.25) is 0 Å². The van der Waals surface area contributed by atoms with Gasteiger partial charge in [-0.1, -0.05) is 0 Å². The number of pyridine rings is 1. The second-order valence-corrected chi connectivity index (χ2v) is 3.61. The van der Waals surface area contributed by atoms with E-state index in [1.165, 1.54) is 0 Å². The summed E-state index contributed by atoms with van der Waals surface area (Å²) in [5.74, 6) is 0.406. The maximum Gasteiger partial charge on any atom is 0.123 e. The Hall–Kier alpha value is -1.17. The van der Waals surface area contributed by atoms with Crippen molar-refractivity contribution < 1.29 is 10.2 Å². The third-order valence-corrected chi connectivity index (χ3v) is 2.38. The van der Waals surface area contributed by atoms with E-state index in [2.05, 4.69) is 4.98 Å². The van der Waals surface area contributed by atoms with Gasteiger partial charge < -0.3 is 21.7 Å². The highest BCUT2D eigenvalue weighted by atomic mass is 16.3. The maximum absolute atomic E-state index is 9.83. The number of aliphatic hydroxyl groups excluding tert-OH is 2. The van der Waals surface area contributed by atoms with Crippen molar-refractivity contribution >= 4 is 5.82 Å². The molecule has 0 aliphatic carbocycles. The van der Waals surface area contributed by atoms with Gasteiger partial charge in [0.15, 0.2) is 0 Å². The molecule has 0 fully saturated rings. The van der Waals surface area contributed by atoms with E-state index in [1.807, 2.05) is 6.92 Å². The largest absolute Gasteiger partial charge is 0.389 e. The van der Waals surface area contributed by atoms with Crippen LogP contribution in [0.5, 0.6) is 0 Å². The van der Waals surface area contributed by atoms with Gasteiger partial charge in [-0.25, -0.2) is 4.98 Å². The number of anilines is 1. The molecule has 2 unspecified atom stereocenters. The van der Waals surface area contributed by atoms with Gasteiger partial charge in [0.25, 0.3) is 0 Å². The van der Waals surface area contributed by atoms with Crippen LogP contribution >= 0.6 is 0 Å². The van der Waals surface area contributed by atoms with E-state index >= 15 is 0 Å². The van der Waals surface area contributed by atoms with E-state index in [0.29, 0.717) is 17.1 Å². The molecule has 1 heterocycles. The predicted octanol–water partition coefficient (Wildman–Crippen LogP) is -0.366. The second-order valence-electron chi connectivity index (χ2n) is 3.61. The molecule has 2 atom stereocenters. The first-order valence-corrected chi connectivity index (χ1v) is 4.77. The molecule has 6 N–H and O–H groups in total. The molecule has 1 aromatic rings. The van der Waals surface area contributed by atoms with Crippen molar-refractivity contribution in [2.75, 3.05) is 12.3 Å². The molecule has 0 aliphatic rings. The molecular formula is C10H17N3O2. The number of aliphatic hydroxyl groups is 2. The Morgan fingerprint density at radius 3 is 2.47 bits per heavy atom. The van der Waals surface area contributed by atoms with Crippen LogP contribution in [0.15, 0.2) is 6.07 Å². The quantitative estimate of drug-likeness (QED) is 0.546. The Balaban J connectivity index is 3.13. The van der Waals surface area contributed by atoms with E-state index in [9.17, 15) is 10.2 Å². The van der Waals surface area contributed by atoms with E-state index in [1.54, 1.807) is 13.0 Å². The molecule has 1 aromatic heterocycles. The summed E-state index contributed by atoms with van der Waals surface area (Å²) < 4.78 is 0. The Morgan fingerprint density at radius 1 is 1.40 bits per heavy atom. The fourth-order valence-corrected chi connectivity index (χ4v) is 1.64. The summed E-state index contributed by atoms with van der Waals surface area (Å²) in [4.78, 5) is 4.04. The molecule has 0 amide bonds. The number of hydrogen-bond acceptors (Lipinski definition) is 5. The maximum atomic E-state index is 9.83. The van der Waals surface area contributed by atoms with Crippen LogP contribution in [0.1, 0.15) is 22.9 Å². The summed E-state index contributed by atoms with van der Waals surface area (Å²) in [6.45, 7) is 3.56. The summed E-state index contributed by atoms with van der Waals surface area (Å²) in [5.41, 5.74) is 12.9. The zero-order chi connectivity index (χ0) is 11.6. The predicted molar refractivity (Wildman–Crippen MR) is 58.1 cm³/mol. The molecule has 0 bridgehead atoms. The SMILES string of the molecule is Cc1cc(N)nc(C)c1C(O)C(O)CN. The number of aryl methyl sites for hydroxylation is 2. The Bertz CT molecular complexity index is 332. The third kappa shape index (κ3) is 2.44. The van der Waals surface area contributed by atoms with E-state index in [0.717, 1.165) is 5.56 Å². The van der Waals surface area contributed by atoms with Crippen LogP contribution < -0.4 is 11.5 Å². The number of nitrogens with two attached hydrogens (primary N) is 2. The number of hydrogen-bond donors (Lipinski definition) is 4. The Labute approximate surface area is 88.7 Å². The van der Waals surface area contributed by atoms with Gasteiger partial charge in [0, 0.05) is 17.8 Å². The topological polar surface area (TPSA) is 105 Å². The van der Waals surface area contributed by atoms with Crippen LogP contribution in [-0.2, 0) is 0 Å². The lowest BCUT2D eigenvalue weighted by Gasteiger charge is -2.20. The van der Waals surface area contributed by atoms with Crippen molar-refractivity contribution in [2.24, 2.45) is 5.73 Å². The Morgan fingerprint density at radius 2 is 2.00 bits per heavy atom. The summed E-state index contributed by atoms with van der Waals surface area (Å²) in [6.07, 6.45) is -1.99. The lowest BCUT2D eigenvalue weighted by molar-refractivity contribution is 0.0233. The highest BCUT2D eigenvalue weighted by Gasteiger charge is 2.21. The number of nitrogens with zero attached hydrogens (tertiary/aromatic N) is 1. The van der Waals surface area contributed by atoms with Gasteiger partial charge in [0.05, 0.1) is 6.10 Å². The first kappa shape index (κ1) is 11.9. The Kier molecular flexibility index (Phi) is 3.62. The van der Waals surface area contributed by atoms with Gasteiger partial charge in [-0.3, -0.25) is 0 Å². The number of aromatic nitrogens is 1.